The molecule has 1 aromatic carbocycles. The van der Waals surface area contributed by atoms with Crippen molar-refractivity contribution in [1.82, 2.24) is 0 Å². The van der Waals surface area contributed by atoms with E-state index < -0.39 is 17.2 Å². The molecule has 0 aliphatic carbocycles. The Bertz CT molecular complexity index is 380. The van der Waals surface area contributed by atoms with E-state index in [1.165, 1.54) is 12.1 Å². The molecule has 3 heteroatoms. The molecule has 0 atom stereocenters. The highest BCUT2D eigenvalue weighted by atomic mass is 19.1. The predicted octanol–water partition coefficient (Wildman–Crippen LogP) is 5.05. The van der Waals surface area contributed by atoms with Gasteiger partial charge in [-0.15, -0.1) is 0 Å². The van der Waals surface area contributed by atoms with Crippen LogP contribution in [0.5, 0.6) is 5.75 Å². The summed E-state index contributed by atoms with van der Waals surface area (Å²) in [6, 6.07) is 2.78. The molecule has 0 spiro atoms. The molecule has 102 valence electrons. The number of ether oxygens (including phenoxy) is 1. The van der Waals surface area contributed by atoms with Crippen LogP contribution in [0.2, 0.25) is 0 Å². The SMILES string of the molecule is CCC(CC)c1cc(F)c(OC(C)(C)C)c(F)c1. The Morgan fingerprint density at radius 3 is 1.83 bits per heavy atom. The normalized spacial score (nSPS) is 12.0. The highest BCUT2D eigenvalue weighted by molar-refractivity contribution is 5.33. The van der Waals surface area contributed by atoms with Crippen molar-refractivity contribution in [3.05, 3.63) is 29.3 Å². The lowest BCUT2D eigenvalue weighted by molar-refractivity contribution is 0.117. The van der Waals surface area contributed by atoms with Gasteiger partial charge in [-0.3, -0.25) is 0 Å². The molecule has 0 aliphatic heterocycles. The first kappa shape index (κ1) is 14.9. The van der Waals surface area contributed by atoms with Gasteiger partial charge in [0, 0.05) is 0 Å². The Morgan fingerprint density at radius 1 is 1.06 bits per heavy atom. The van der Waals surface area contributed by atoms with E-state index in [2.05, 4.69) is 0 Å². The Hall–Kier alpha value is -1.12. The third-order valence-corrected chi connectivity index (χ3v) is 2.89. The molecule has 0 unspecified atom stereocenters. The highest BCUT2D eigenvalue weighted by Gasteiger charge is 2.21. The average Bonchev–Trinajstić information content (AvgIpc) is 2.24. The van der Waals surface area contributed by atoms with Gasteiger partial charge in [0.05, 0.1) is 0 Å². The third kappa shape index (κ3) is 3.69. The summed E-state index contributed by atoms with van der Waals surface area (Å²) in [5, 5.41) is 0. The predicted molar refractivity (Wildman–Crippen MR) is 70.1 cm³/mol. The van der Waals surface area contributed by atoms with Crippen molar-refractivity contribution >= 4 is 0 Å². The van der Waals surface area contributed by atoms with Crippen molar-refractivity contribution in [2.24, 2.45) is 0 Å². The standard InChI is InChI=1S/C15H22F2O/c1-6-10(7-2)11-8-12(16)14(13(17)9-11)18-15(3,4)5/h8-10H,6-7H2,1-5H3. The molecule has 0 N–H and O–H groups in total. The van der Waals surface area contributed by atoms with Crippen LogP contribution in [0.25, 0.3) is 0 Å². The zero-order valence-electron chi connectivity index (χ0n) is 11.8. The van der Waals surface area contributed by atoms with Crippen molar-refractivity contribution in [2.45, 2.75) is 59.0 Å². The fourth-order valence-corrected chi connectivity index (χ4v) is 1.98. The minimum atomic E-state index is -0.619. The molecule has 0 saturated heterocycles. The molecule has 0 bridgehead atoms. The van der Waals surface area contributed by atoms with Gasteiger partial charge in [-0.1, -0.05) is 13.8 Å². The fourth-order valence-electron chi connectivity index (χ4n) is 1.98. The molecule has 0 amide bonds. The van der Waals surface area contributed by atoms with E-state index in [-0.39, 0.29) is 11.7 Å². The van der Waals surface area contributed by atoms with Crippen LogP contribution in [0.3, 0.4) is 0 Å². The first-order chi connectivity index (χ1) is 8.28. The van der Waals surface area contributed by atoms with Gasteiger partial charge in [-0.25, -0.2) is 8.78 Å². The van der Waals surface area contributed by atoms with E-state index in [4.69, 9.17) is 4.74 Å². The second-order valence-electron chi connectivity index (χ2n) is 5.54. The van der Waals surface area contributed by atoms with Gasteiger partial charge < -0.3 is 4.74 Å². The van der Waals surface area contributed by atoms with Crippen LogP contribution < -0.4 is 4.74 Å². The summed E-state index contributed by atoms with van der Waals surface area (Å²) in [5.41, 5.74) is 0.0919. The van der Waals surface area contributed by atoms with Crippen LogP contribution in [-0.4, -0.2) is 5.60 Å². The van der Waals surface area contributed by atoms with Gasteiger partial charge >= 0.3 is 0 Å². The molecule has 1 nitrogen and oxygen atoms in total. The van der Waals surface area contributed by atoms with Crippen molar-refractivity contribution in [2.75, 3.05) is 0 Å². The lowest BCUT2D eigenvalue weighted by atomic mass is 9.93. The number of halogens is 2. The molecule has 0 radical (unpaired) electrons. The maximum Gasteiger partial charge on any atom is 0.191 e. The number of benzene rings is 1. The second-order valence-corrected chi connectivity index (χ2v) is 5.54. The molecule has 0 fully saturated rings. The monoisotopic (exact) mass is 256 g/mol. The molecular formula is C15H22F2O. The summed E-state index contributed by atoms with van der Waals surface area (Å²) >= 11 is 0. The minimum absolute atomic E-state index is 0.192. The molecule has 0 aliphatic rings. The van der Waals surface area contributed by atoms with Crippen molar-refractivity contribution < 1.29 is 13.5 Å². The number of rotatable bonds is 4. The first-order valence-corrected chi connectivity index (χ1v) is 6.46. The molecule has 18 heavy (non-hydrogen) atoms. The maximum atomic E-state index is 13.9. The summed E-state index contributed by atoms with van der Waals surface area (Å²) in [5.74, 6) is -1.33. The quantitative estimate of drug-likeness (QED) is 0.732. The molecule has 0 saturated carbocycles. The largest absolute Gasteiger partial charge is 0.482 e. The zero-order valence-corrected chi connectivity index (χ0v) is 11.8. The van der Waals surface area contributed by atoms with Crippen LogP contribution in [0.4, 0.5) is 8.78 Å². The van der Waals surface area contributed by atoms with Crippen LogP contribution in [0.15, 0.2) is 12.1 Å². The van der Waals surface area contributed by atoms with Crippen LogP contribution in [0.1, 0.15) is 58.9 Å². The maximum absolute atomic E-state index is 13.9. The van der Waals surface area contributed by atoms with Gasteiger partial charge in [0.2, 0.25) is 0 Å². The summed E-state index contributed by atoms with van der Waals surface area (Å²) < 4.78 is 33.1. The van der Waals surface area contributed by atoms with E-state index in [1.54, 1.807) is 20.8 Å². The van der Waals surface area contributed by atoms with Crippen molar-refractivity contribution in [1.29, 1.82) is 0 Å². The average molecular weight is 256 g/mol. The molecular weight excluding hydrogens is 234 g/mol. The molecule has 1 rings (SSSR count). The summed E-state index contributed by atoms with van der Waals surface area (Å²) in [7, 11) is 0. The van der Waals surface area contributed by atoms with Gasteiger partial charge in [-0.2, -0.15) is 0 Å². The van der Waals surface area contributed by atoms with E-state index in [9.17, 15) is 8.78 Å². The van der Waals surface area contributed by atoms with Gasteiger partial charge in [0.15, 0.2) is 17.4 Å². The minimum Gasteiger partial charge on any atom is -0.482 e. The summed E-state index contributed by atoms with van der Waals surface area (Å²) in [6.07, 6.45) is 1.74. The third-order valence-electron chi connectivity index (χ3n) is 2.89. The highest BCUT2D eigenvalue weighted by Crippen LogP contribution is 2.31. The van der Waals surface area contributed by atoms with Crippen LogP contribution >= 0.6 is 0 Å². The Kier molecular flexibility index (Phi) is 4.71. The van der Waals surface area contributed by atoms with Crippen LogP contribution in [-0.2, 0) is 0 Å². The van der Waals surface area contributed by atoms with E-state index in [0.29, 0.717) is 5.56 Å². The van der Waals surface area contributed by atoms with Crippen LogP contribution in [0, 0.1) is 11.6 Å². The smallest absolute Gasteiger partial charge is 0.191 e. The Morgan fingerprint density at radius 2 is 1.50 bits per heavy atom. The second kappa shape index (κ2) is 5.68. The first-order valence-electron chi connectivity index (χ1n) is 6.46. The topological polar surface area (TPSA) is 9.23 Å². The Balaban J connectivity index is 3.12. The summed E-state index contributed by atoms with van der Waals surface area (Å²) in [6.45, 7) is 9.33. The van der Waals surface area contributed by atoms with Gasteiger partial charge in [0.1, 0.15) is 5.60 Å². The van der Waals surface area contributed by atoms with Crippen molar-refractivity contribution in [3.8, 4) is 5.75 Å². The molecule has 0 heterocycles. The van der Waals surface area contributed by atoms with E-state index >= 15 is 0 Å². The van der Waals surface area contributed by atoms with E-state index in [0.717, 1.165) is 12.8 Å². The van der Waals surface area contributed by atoms with Gasteiger partial charge in [-0.05, 0) is 57.2 Å². The molecule has 1 aromatic rings. The fraction of sp³-hybridized carbons (Fsp3) is 0.600. The van der Waals surface area contributed by atoms with E-state index in [1.807, 2.05) is 13.8 Å². The summed E-state index contributed by atoms with van der Waals surface area (Å²) in [4.78, 5) is 0. The number of hydrogen-bond acceptors (Lipinski definition) is 1. The van der Waals surface area contributed by atoms with Gasteiger partial charge in [0.25, 0.3) is 0 Å². The number of hydrogen-bond donors (Lipinski definition) is 0. The Labute approximate surface area is 108 Å². The zero-order chi connectivity index (χ0) is 13.9. The lowest BCUT2D eigenvalue weighted by Crippen LogP contribution is -2.24. The lowest BCUT2D eigenvalue weighted by Gasteiger charge is -2.23. The molecule has 0 aromatic heterocycles. The van der Waals surface area contributed by atoms with Crippen molar-refractivity contribution in [3.63, 3.8) is 0 Å².